The van der Waals surface area contributed by atoms with Crippen LogP contribution in [-0.2, 0) is 16.1 Å². The molecule has 0 bridgehead atoms. The largest absolute Gasteiger partial charge is 0.491 e. The van der Waals surface area contributed by atoms with Gasteiger partial charge < -0.3 is 30.6 Å². The van der Waals surface area contributed by atoms with Crippen molar-refractivity contribution in [2.45, 2.75) is 26.0 Å². The maximum absolute atomic E-state index is 12.4. The van der Waals surface area contributed by atoms with E-state index in [-0.39, 0.29) is 5.91 Å². The zero-order chi connectivity index (χ0) is 26.9. The third-order valence-corrected chi connectivity index (χ3v) is 5.75. The average Bonchev–Trinajstić information content (AvgIpc) is 2.91. The standard InChI is InChI=1S/C27H29ClN6O4/c1-17(29)27(35)34-23-13-20-22(14-25(23)37-11-5-10-36-2)31-16-32-26(20)33-18-7-8-24(21(28)12-18)38-15-19-6-3-4-9-30-19/h3-4,6-9,12-14,16-17H,5,10-11,15,29H2,1-2H3,(H,34,35)(H,31,32,33)/t17-/m0/s1. The first-order valence-corrected chi connectivity index (χ1v) is 12.4. The van der Waals surface area contributed by atoms with Crippen LogP contribution < -0.4 is 25.8 Å². The van der Waals surface area contributed by atoms with Gasteiger partial charge in [-0.1, -0.05) is 17.7 Å². The van der Waals surface area contributed by atoms with Gasteiger partial charge in [-0.2, -0.15) is 0 Å². The zero-order valence-corrected chi connectivity index (χ0v) is 21.9. The lowest BCUT2D eigenvalue weighted by Crippen LogP contribution is -2.32. The van der Waals surface area contributed by atoms with Crippen molar-refractivity contribution >= 4 is 45.6 Å². The summed E-state index contributed by atoms with van der Waals surface area (Å²) in [6.07, 6.45) is 3.85. The van der Waals surface area contributed by atoms with Gasteiger partial charge in [-0.15, -0.1) is 0 Å². The summed E-state index contributed by atoms with van der Waals surface area (Å²) in [5.74, 6) is 1.19. The molecule has 0 saturated heterocycles. The molecule has 4 N–H and O–H groups in total. The number of nitrogens with two attached hydrogens (primary N) is 1. The monoisotopic (exact) mass is 536 g/mol. The van der Waals surface area contributed by atoms with Gasteiger partial charge in [-0.3, -0.25) is 9.78 Å². The fourth-order valence-corrected chi connectivity index (χ4v) is 3.74. The molecular weight excluding hydrogens is 508 g/mol. The third-order valence-electron chi connectivity index (χ3n) is 5.45. The molecule has 0 aliphatic heterocycles. The number of nitrogens with one attached hydrogen (secondary N) is 2. The van der Waals surface area contributed by atoms with Crippen LogP contribution >= 0.6 is 11.6 Å². The molecule has 0 fully saturated rings. The van der Waals surface area contributed by atoms with E-state index in [4.69, 9.17) is 31.5 Å². The molecule has 0 spiro atoms. The van der Waals surface area contributed by atoms with Crippen LogP contribution in [0.4, 0.5) is 17.2 Å². The maximum atomic E-state index is 12.4. The van der Waals surface area contributed by atoms with Gasteiger partial charge in [0, 0.05) is 43.5 Å². The number of aromatic nitrogens is 3. The number of hydrogen-bond donors (Lipinski definition) is 3. The summed E-state index contributed by atoms with van der Waals surface area (Å²) in [5, 5.41) is 7.21. The molecule has 11 heteroatoms. The van der Waals surface area contributed by atoms with Crippen molar-refractivity contribution in [3.05, 3.63) is 71.8 Å². The van der Waals surface area contributed by atoms with Crippen LogP contribution in [0.25, 0.3) is 10.9 Å². The summed E-state index contributed by atoms with van der Waals surface area (Å²) < 4.78 is 16.8. The second-order valence-corrected chi connectivity index (χ2v) is 8.85. The van der Waals surface area contributed by atoms with Crippen molar-refractivity contribution in [2.75, 3.05) is 31.0 Å². The number of methoxy groups -OCH3 is 1. The average molecular weight is 537 g/mol. The molecule has 10 nitrogen and oxygen atoms in total. The zero-order valence-electron chi connectivity index (χ0n) is 21.1. The summed E-state index contributed by atoms with van der Waals surface area (Å²) in [7, 11) is 1.63. The molecule has 2 aromatic carbocycles. The lowest BCUT2D eigenvalue weighted by atomic mass is 10.1. The van der Waals surface area contributed by atoms with Gasteiger partial charge in [0.15, 0.2) is 0 Å². The van der Waals surface area contributed by atoms with Crippen LogP contribution in [0, 0.1) is 0 Å². The van der Waals surface area contributed by atoms with Crippen LogP contribution in [-0.4, -0.2) is 47.2 Å². The number of fused-ring (bicyclic) bond motifs is 1. The van der Waals surface area contributed by atoms with E-state index in [1.165, 1.54) is 6.33 Å². The first kappa shape index (κ1) is 27.1. The molecule has 1 atom stereocenters. The molecule has 1 amide bonds. The van der Waals surface area contributed by atoms with E-state index in [2.05, 4.69) is 25.6 Å². The Morgan fingerprint density at radius 1 is 1.05 bits per heavy atom. The molecule has 2 aromatic heterocycles. The molecule has 4 rings (SSSR count). The summed E-state index contributed by atoms with van der Waals surface area (Å²) in [6, 6.07) is 13.8. The Labute approximate surface area is 225 Å². The minimum Gasteiger partial charge on any atom is -0.491 e. The highest BCUT2D eigenvalue weighted by Crippen LogP contribution is 2.35. The van der Waals surface area contributed by atoms with Crippen molar-refractivity contribution in [2.24, 2.45) is 5.73 Å². The van der Waals surface area contributed by atoms with Gasteiger partial charge in [-0.05, 0) is 43.3 Å². The van der Waals surface area contributed by atoms with Gasteiger partial charge >= 0.3 is 0 Å². The number of pyridine rings is 1. The summed E-state index contributed by atoms with van der Waals surface area (Å²) in [4.78, 5) is 25.4. The highest BCUT2D eigenvalue weighted by molar-refractivity contribution is 6.32. The first-order valence-electron chi connectivity index (χ1n) is 12.0. The molecule has 2 heterocycles. The van der Waals surface area contributed by atoms with Crippen molar-refractivity contribution in [3.8, 4) is 11.5 Å². The Morgan fingerprint density at radius 2 is 1.92 bits per heavy atom. The Morgan fingerprint density at radius 3 is 2.66 bits per heavy atom. The fourth-order valence-electron chi connectivity index (χ4n) is 3.50. The Balaban J connectivity index is 1.57. The predicted molar refractivity (Wildman–Crippen MR) is 147 cm³/mol. The summed E-state index contributed by atoms with van der Waals surface area (Å²) >= 11 is 6.48. The van der Waals surface area contributed by atoms with Crippen LogP contribution in [0.5, 0.6) is 11.5 Å². The topological polar surface area (TPSA) is 134 Å². The number of benzene rings is 2. The first-order chi connectivity index (χ1) is 18.4. The smallest absolute Gasteiger partial charge is 0.241 e. The van der Waals surface area contributed by atoms with E-state index in [0.29, 0.717) is 70.9 Å². The molecule has 198 valence electrons. The third kappa shape index (κ3) is 7.06. The predicted octanol–water partition coefficient (Wildman–Crippen LogP) is 4.70. The number of anilines is 3. The van der Waals surface area contributed by atoms with Gasteiger partial charge in [0.1, 0.15) is 30.3 Å². The van der Waals surface area contributed by atoms with Crippen molar-refractivity contribution < 1.29 is 19.0 Å². The van der Waals surface area contributed by atoms with E-state index >= 15 is 0 Å². The number of ether oxygens (including phenoxy) is 3. The van der Waals surface area contributed by atoms with E-state index in [1.807, 2.05) is 24.3 Å². The lowest BCUT2D eigenvalue weighted by molar-refractivity contribution is -0.117. The molecule has 0 aliphatic carbocycles. The lowest BCUT2D eigenvalue weighted by Gasteiger charge is -2.16. The minimum atomic E-state index is -0.697. The maximum Gasteiger partial charge on any atom is 0.241 e. The molecule has 38 heavy (non-hydrogen) atoms. The number of carbonyl (C=O) groups is 1. The highest BCUT2D eigenvalue weighted by Gasteiger charge is 2.16. The quantitative estimate of drug-likeness (QED) is 0.220. The number of halogens is 1. The highest BCUT2D eigenvalue weighted by atomic mass is 35.5. The van der Waals surface area contributed by atoms with Crippen LogP contribution in [0.15, 0.2) is 61.1 Å². The SMILES string of the molecule is COCCCOc1cc2ncnc(Nc3ccc(OCc4ccccn4)c(Cl)c3)c2cc1NC(=O)[C@H](C)N. The molecular formula is C27H29ClN6O4. The Kier molecular flexibility index (Phi) is 9.26. The molecule has 0 unspecified atom stereocenters. The number of carbonyl (C=O) groups excluding carboxylic acids is 1. The van der Waals surface area contributed by atoms with E-state index in [0.717, 1.165) is 5.69 Å². The van der Waals surface area contributed by atoms with E-state index < -0.39 is 6.04 Å². The molecule has 0 radical (unpaired) electrons. The summed E-state index contributed by atoms with van der Waals surface area (Å²) in [5.41, 5.74) is 8.35. The van der Waals surface area contributed by atoms with Crippen LogP contribution in [0.1, 0.15) is 19.0 Å². The van der Waals surface area contributed by atoms with Crippen molar-refractivity contribution in [3.63, 3.8) is 0 Å². The Hall–Kier alpha value is -3.99. The van der Waals surface area contributed by atoms with Crippen LogP contribution in [0.2, 0.25) is 5.02 Å². The van der Waals surface area contributed by atoms with Gasteiger partial charge in [0.05, 0.1) is 34.6 Å². The second-order valence-electron chi connectivity index (χ2n) is 8.44. The van der Waals surface area contributed by atoms with E-state index in [9.17, 15) is 4.79 Å². The van der Waals surface area contributed by atoms with E-state index in [1.54, 1.807) is 44.5 Å². The number of amides is 1. The number of nitrogens with zero attached hydrogens (tertiary/aromatic N) is 3. The summed E-state index contributed by atoms with van der Waals surface area (Å²) in [6.45, 7) is 2.87. The van der Waals surface area contributed by atoms with Crippen molar-refractivity contribution in [1.82, 2.24) is 15.0 Å². The molecule has 0 saturated carbocycles. The molecule has 0 aliphatic rings. The van der Waals surface area contributed by atoms with Crippen molar-refractivity contribution in [1.29, 1.82) is 0 Å². The second kappa shape index (κ2) is 13.0. The van der Waals surface area contributed by atoms with Gasteiger partial charge in [0.2, 0.25) is 5.91 Å². The van der Waals surface area contributed by atoms with Crippen LogP contribution in [0.3, 0.4) is 0 Å². The Bertz CT molecular complexity index is 1390. The fraction of sp³-hybridized carbons (Fsp3) is 0.259. The van der Waals surface area contributed by atoms with Gasteiger partial charge in [0.25, 0.3) is 0 Å². The normalized spacial score (nSPS) is 11.7. The number of hydrogen-bond acceptors (Lipinski definition) is 9. The van der Waals surface area contributed by atoms with Gasteiger partial charge in [-0.25, -0.2) is 9.97 Å². The minimum absolute atomic E-state index is 0.301. The molecule has 4 aromatic rings. The number of rotatable bonds is 12.